The van der Waals surface area contributed by atoms with Crippen LogP contribution in [-0.4, -0.2) is 4.57 Å². The monoisotopic (exact) mass is 1130 g/mol. The lowest BCUT2D eigenvalue weighted by Gasteiger charge is -2.25. The van der Waals surface area contributed by atoms with Crippen LogP contribution < -0.4 is 11.1 Å². The first kappa shape index (κ1) is 56.2. The third-order valence-corrected chi connectivity index (χ3v) is 13.7. The van der Waals surface area contributed by atoms with E-state index >= 15 is 9.59 Å². The highest BCUT2D eigenvalue weighted by molar-refractivity contribution is 6.32. The Labute approximate surface area is 433 Å². The summed E-state index contributed by atoms with van der Waals surface area (Å²) >= 11 is 0. The van der Waals surface area contributed by atoms with Crippen molar-refractivity contribution in [1.82, 2.24) is 4.57 Å². The van der Waals surface area contributed by atoms with E-state index in [0.717, 1.165) is 35.9 Å². The molecule has 0 radical (unpaired) electrons. The smallest absolute Gasteiger partial charge is 0.416 e. The van der Waals surface area contributed by atoms with E-state index in [4.69, 9.17) is 4.42 Å². The van der Waals surface area contributed by atoms with Crippen molar-refractivity contribution in [2.75, 3.05) is 0 Å². The number of benzene rings is 7. The minimum absolute atomic E-state index is 0.0473. The number of aromatic nitrogens is 1. The molecule has 2 heterocycles. The van der Waals surface area contributed by atoms with Gasteiger partial charge in [0.1, 0.15) is 11.2 Å². The van der Waals surface area contributed by atoms with Crippen LogP contribution >= 0.6 is 0 Å². The van der Waals surface area contributed by atoms with E-state index in [1.165, 1.54) is 0 Å². The Morgan fingerprint density at radius 3 is 1.10 bits per heavy atom. The Morgan fingerprint density at radius 1 is 0.367 bits per heavy atom. The van der Waals surface area contributed by atoms with Gasteiger partial charge in [-0.2, -0.15) is 79.0 Å². The van der Waals surface area contributed by atoms with E-state index in [-0.39, 0.29) is 54.1 Å². The zero-order valence-electron chi connectivity index (χ0n) is 41.4. The summed E-state index contributed by atoms with van der Waals surface area (Å²) in [5.41, 5.74) is -18.7. The highest BCUT2D eigenvalue weighted by Crippen LogP contribution is 2.51. The lowest BCUT2D eigenvalue weighted by Crippen LogP contribution is -2.34. The molecule has 0 aliphatic rings. The largest absolute Gasteiger partial charge is 0.455 e. The Morgan fingerprint density at radius 2 is 0.734 bits per heavy atom. The lowest BCUT2D eigenvalue weighted by atomic mass is 9.85. The predicted octanol–water partition coefficient (Wildman–Crippen LogP) is 19.3. The maximum atomic E-state index is 15.6. The summed E-state index contributed by atoms with van der Waals surface area (Å²) in [6.45, 7) is 10.5. The molecule has 0 saturated heterocycles. The molecule has 0 aliphatic carbocycles. The fourth-order valence-corrected chi connectivity index (χ4v) is 9.93. The summed E-state index contributed by atoms with van der Waals surface area (Å²) in [4.78, 5) is 31.2. The second-order valence-corrected chi connectivity index (χ2v) is 20.1. The van der Waals surface area contributed by atoms with Gasteiger partial charge in [-0.05, 0) is 141 Å². The van der Waals surface area contributed by atoms with Gasteiger partial charge in [0.15, 0.2) is 0 Å². The highest BCUT2D eigenvalue weighted by atomic mass is 19.4. The molecule has 7 aromatic carbocycles. The van der Waals surface area contributed by atoms with Crippen LogP contribution in [0.1, 0.15) is 109 Å². The second-order valence-electron chi connectivity index (χ2n) is 20.1. The molecule has 9 aromatic rings. The lowest BCUT2D eigenvalue weighted by molar-refractivity contribution is -0.144. The van der Waals surface area contributed by atoms with Crippen molar-refractivity contribution in [2.24, 2.45) is 0 Å². The maximum absolute atomic E-state index is 15.6. The first-order valence-electron chi connectivity index (χ1n) is 23.7. The standard InChI is InChI=1S/C57H37F18NO3/c1-23(2)27-16-37(24(3)4)48(38(17-27)25(5)6)76-50(77)42-21-39(29-11-33(54(64,65)66)19-34(12-29)55(67,68)69)45-41-15-26(28-9-31(52(58,59)60)18-32(10-28)53(61,62)63)7-8-44(41)79-49-40(22-43(51(76)78)46(42)47(45)49)30-13-35(56(70,71)72)20-36(14-30)57(73,74)75/h7-25H,1-6H3. The number of pyridine rings is 1. The van der Waals surface area contributed by atoms with Gasteiger partial charge < -0.3 is 4.42 Å². The van der Waals surface area contributed by atoms with Crippen molar-refractivity contribution in [3.05, 3.63) is 168 Å². The first-order chi connectivity index (χ1) is 36.2. The molecule has 0 atom stereocenters. The summed E-state index contributed by atoms with van der Waals surface area (Å²) in [5.74, 6) is -1.20. The van der Waals surface area contributed by atoms with Crippen molar-refractivity contribution in [3.8, 4) is 39.1 Å². The van der Waals surface area contributed by atoms with Crippen LogP contribution in [0, 0.1) is 0 Å². The van der Waals surface area contributed by atoms with Crippen LogP contribution in [0.4, 0.5) is 79.0 Å². The molecule has 0 bridgehead atoms. The summed E-state index contributed by atoms with van der Waals surface area (Å²) in [6.07, 6.45) is -33.0. The number of hydrogen-bond acceptors (Lipinski definition) is 3. The third kappa shape index (κ3) is 10.0. The normalized spacial score (nSPS) is 13.5. The predicted molar refractivity (Wildman–Crippen MR) is 260 cm³/mol. The molecule has 0 fully saturated rings. The van der Waals surface area contributed by atoms with Gasteiger partial charge >= 0.3 is 37.1 Å². The van der Waals surface area contributed by atoms with Gasteiger partial charge in [-0.15, -0.1) is 0 Å². The van der Waals surface area contributed by atoms with E-state index in [9.17, 15) is 79.0 Å². The average molecular weight is 1130 g/mol. The molecule has 0 aliphatic heterocycles. The van der Waals surface area contributed by atoms with Gasteiger partial charge in [-0.3, -0.25) is 9.59 Å². The molecule has 0 unspecified atom stereocenters. The first-order valence-corrected chi connectivity index (χ1v) is 23.7. The van der Waals surface area contributed by atoms with Crippen molar-refractivity contribution < 1.29 is 83.4 Å². The van der Waals surface area contributed by atoms with Crippen LogP contribution in [0.25, 0.3) is 82.6 Å². The van der Waals surface area contributed by atoms with Crippen molar-refractivity contribution >= 4 is 43.5 Å². The number of nitrogens with zero attached hydrogens (tertiary/aromatic N) is 1. The minimum Gasteiger partial charge on any atom is -0.455 e. The molecule has 4 nitrogen and oxygen atoms in total. The molecule has 9 rings (SSSR count). The van der Waals surface area contributed by atoms with E-state index in [0.29, 0.717) is 27.8 Å². The Kier molecular flexibility index (Phi) is 13.2. The summed E-state index contributed by atoms with van der Waals surface area (Å²) in [6, 6.07) is 8.47. The van der Waals surface area contributed by atoms with Gasteiger partial charge in [0, 0.05) is 37.9 Å². The topological polar surface area (TPSA) is 52.2 Å². The van der Waals surface area contributed by atoms with E-state index < -0.39 is 170 Å². The van der Waals surface area contributed by atoms with Crippen LogP contribution in [0.15, 0.2) is 111 Å². The Balaban J connectivity index is 1.61. The number of hydrogen-bond donors (Lipinski definition) is 0. The van der Waals surface area contributed by atoms with Crippen LogP contribution in [0.2, 0.25) is 0 Å². The van der Waals surface area contributed by atoms with E-state index in [2.05, 4.69) is 0 Å². The number of rotatable bonds is 7. The summed E-state index contributed by atoms with van der Waals surface area (Å²) in [7, 11) is 0. The van der Waals surface area contributed by atoms with Crippen LogP contribution in [0.5, 0.6) is 0 Å². The fraction of sp³-hybridized carbons (Fsp3) is 0.263. The Hall–Kier alpha value is -7.52. The third-order valence-electron chi connectivity index (χ3n) is 13.7. The molecule has 0 saturated carbocycles. The van der Waals surface area contributed by atoms with Gasteiger partial charge in [-0.25, -0.2) is 4.57 Å². The number of fused-ring (bicyclic) bond motifs is 2. The molecule has 2 aromatic heterocycles. The average Bonchev–Trinajstić information content (AvgIpc) is 3.40. The van der Waals surface area contributed by atoms with Crippen LogP contribution in [-0.2, 0) is 37.1 Å². The van der Waals surface area contributed by atoms with Crippen LogP contribution in [0.3, 0.4) is 0 Å². The SMILES string of the molecule is CC(C)c1cc(C(C)C)c(-n2c(=O)c3cc(-c4cc(C(F)(F)F)cc(C(F)(F)F)c4)c4oc5ccc(-c6cc(C(F)(F)F)cc(C(F)(F)F)c6)cc5c5c(-c6cc(C(F)(F)F)cc(C(F)(F)F)c6)cc(c2=O)c3c45)c(C(C)C)c1. The highest BCUT2D eigenvalue weighted by Gasteiger charge is 2.41. The quantitative estimate of drug-likeness (QED) is 0.0908. The molecule has 0 spiro atoms. The second kappa shape index (κ2) is 18.5. The zero-order chi connectivity index (χ0) is 58.3. The number of halogens is 18. The van der Waals surface area contributed by atoms with E-state index in [1.54, 1.807) is 39.8 Å². The van der Waals surface area contributed by atoms with Gasteiger partial charge in [0.25, 0.3) is 11.1 Å². The summed E-state index contributed by atoms with van der Waals surface area (Å²) in [5, 5.41) is -3.78. The zero-order valence-corrected chi connectivity index (χ0v) is 41.4. The maximum Gasteiger partial charge on any atom is 0.416 e. The van der Waals surface area contributed by atoms with Gasteiger partial charge in [0.05, 0.1) is 39.1 Å². The fourth-order valence-electron chi connectivity index (χ4n) is 9.93. The molecule has 79 heavy (non-hydrogen) atoms. The molecule has 0 N–H and O–H groups in total. The Bertz CT molecular complexity index is 3910. The molecule has 414 valence electrons. The molecule has 22 heteroatoms. The van der Waals surface area contributed by atoms with Gasteiger partial charge in [-0.1, -0.05) is 59.7 Å². The summed E-state index contributed by atoms with van der Waals surface area (Å²) < 4.78 is 269. The number of alkyl halides is 18. The molecular formula is C57H37F18NO3. The van der Waals surface area contributed by atoms with Gasteiger partial charge in [0.2, 0.25) is 0 Å². The van der Waals surface area contributed by atoms with Crippen molar-refractivity contribution in [1.29, 1.82) is 0 Å². The minimum atomic E-state index is -5.56. The molecule has 0 amide bonds. The molecular weight excluding hydrogens is 1090 g/mol. The van der Waals surface area contributed by atoms with Crippen molar-refractivity contribution in [2.45, 2.75) is 96.4 Å². The van der Waals surface area contributed by atoms with Crippen molar-refractivity contribution in [3.63, 3.8) is 0 Å². The van der Waals surface area contributed by atoms with E-state index in [1.807, 2.05) is 13.8 Å².